The van der Waals surface area contributed by atoms with Crippen molar-refractivity contribution >= 4 is 0 Å². The third-order valence-electron chi connectivity index (χ3n) is 2.16. The Balaban J connectivity index is 2.53. The highest BCUT2D eigenvalue weighted by atomic mass is 19.3. The van der Waals surface area contributed by atoms with Gasteiger partial charge in [-0.05, 0) is 6.07 Å². The molecule has 0 saturated carbocycles. The summed E-state index contributed by atoms with van der Waals surface area (Å²) in [6.45, 7) is 2.34. The van der Waals surface area contributed by atoms with E-state index in [4.69, 9.17) is 5.73 Å². The largest absolute Gasteiger partial charge is 0.434 e. The Labute approximate surface area is 105 Å². The van der Waals surface area contributed by atoms with Gasteiger partial charge in [-0.1, -0.05) is 24.8 Å². The maximum Gasteiger partial charge on any atom is 0.387 e. The first-order valence-corrected chi connectivity index (χ1v) is 5.53. The molecule has 18 heavy (non-hydrogen) atoms. The van der Waals surface area contributed by atoms with Gasteiger partial charge < -0.3 is 21.1 Å². The summed E-state index contributed by atoms with van der Waals surface area (Å²) in [5, 5.41) is 5.90. The highest BCUT2D eigenvalue weighted by Crippen LogP contribution is 2.19. The van der Waals surface area contributed by atoms with E-state index in [1.807, 2.05) is 0 Å². The van der Waals surface area contributed by atoms with Crippen LogP contribution in [0.1, 0.15) is 5.56 Å². The Morgan fingerprint density at radius 2 is 2.06 bits per heavy atom. The molecule has 0 fully saturated rings. The van der Waals surface area contributed by atoms with Crippen molar-refractivity contribution in [2.45, 2.75) is 13.2 Å². The van der Waals surface area contributed by atoms with Crippen LogP contribution in [0.15, 0.2) is 36.7 Å². The molecule has 1 aromatic rings. The van der Waals surface area contributed by atoms with E-state index in [1.165, 1.54) is 6.07 Å². The van der Waals surface area contributed by atoms with Crippen LogP contribution in [-0.4, -0.2) is 19.7 Å². The summed E-state index contributed by atoms with van der Waals surface area (Å²) in [6.07, 6.45) is 0. The quantitative estimate of drug-likeness (QED) is 0.659. The molecular formula is C12H17F2N3O. The molecular weight excluding hydrogens is 240 g/mol. The first-order chi connectivity index (χ1) is 8.63. The van der Waals surface area contributed by atoms with E-state index in [9.17, 15) is 8.78 Å². The highest BCUT2D eigenvalue weighted by Gasteiger charge is 2.08. The number of halogens is 2. The van der Waals surface area contributed by atoms with Gasteiger partial charge in [0, 0.05) is 25.2 Å². The number of benzene rings is 1. The van der Waals surface area contributed by atoms with Crippen molar-refractivity contribution in [2.75, 3.05) is 13.1 Å². The fraction of sp³-hybridized carbons (Fsp3) is 0.333. The molecule has 0 aliphatic heterocycles. The van der Waals surface area contributed by atoms with Gasteiger partial charge in [-0.2, -0.15) is 8.78 Å². The number of nitrogens with one attached hydrogen (secondary N) is 2. The third-order valence-corrected chi connectivity index (χ3v) is 2.16. The minimum Gasteiger partial charge on any atom is -0.434 e. The normalized spacial score (nSPS) is 10.2. The number of alkyl halides is 2. The molecule has 0 spiro atoms. The molecule has 0 aliphatic carbocycles. The number of hydrogen-bond acceptors (Lipinski definition) is 4. The van der Waals surface area contributed by atoms with Gasteiger partial charge in [0.15, 0.2) is 0 Å². The maximum atomic E-state index is 12.2. The van der Waals surface area contributed by atoms with E-state index >= 15 is 0 Å². The number of rotatable bonds is 8. The minimum absolute atomic E-state index is 0.159. The minimum atomic E-state index is -2.83. The summed E-state index contributed by atoms with van der Waals surface area (Å²) >= 11 is 0. The Hall–Kier alpha value is -1.82. The molecule has 0 heterocycles. The van der Waals surface area contributed by atoms with Gasteiger partial charge in [0.25, 0.3) is 0 Å². The SMILES string of the molecule is C=C(NCCN)NCc1ccccc1OC(F)F. The average molecular weight is 257 g/mol. The lowest BCUT2D eigenvalue weighted by atomic mass is 10.2. The van der Waals surface area contributed by atoms with Gasteiger partial charge in [-0.15, -0.1) is 0 Å². The molecule has 4 N–H and O–H groups in total. The van der Waals surface area contributed by atoms with Crippen LogP contribution >= 0.6 is 0 Å². The molecule has 0 bridgehead atoms. The van der Waals surface area contributed by atoms with Crippen LogP contribution in [-0.2, 0) is 6.54 Å². The van der Waals surface area contributed by atoms with Crippen LogP contribution in [0.3, 0.4) is 0 Å². The zero-order valence-electron chi connectivity index (χ0n) is 9.96. The second kappa shape index (κ2) is 7.50. The summed E-state index contributed by atoms with van der Waals surface area (Å²) < 4.78 is 28.8. The van der Waals surface area contributed by atoms with Crippen molar-refractivity contribution in [3.05, 3.63) is 42.2 Å². The number of nitrogens with two attached hydrogens (primary N) is 1. The molecule has 6 heteroatoms. The van der Waals surface area contributed by atoms with Crippen molar-refractivity contribution in [1.82, 2.24) is 10.6 Å². The molecule has 100 valence electrons. The van der Waals surface area contributed by atoms with E-state index in [0.29, 0.717) is 31.0 Å². The molecule has 4 nitrogen and oxygen atoms in total. The molecule has 0 aliphatic rings. The van der Waals surface area contributed by atoms with E-state index < -0.39 is 6.61 Å². The lowest BCUT2D eigenvalue weighted by molar-refractivity contribution is -0.0504. The fourth-order valence-corrected chi connectivity index (χ4v) is 1.35. The Kier molecular flexibility index (Phi) is 5.93. The van der Waals surface area contributed by atoms with E-state index in [1.54, 1.807) is 18.2 Å². The van der Waals surface area contributed by atoms with Crippen LogP contribution in [0.4, 0.5) is 8.78 Å². The van der Waals surface area contributed by atoms with Crippen molar-refractivity contribution < 1.29 is 13.5 Å². The van der Waals surface area contributed by atoms with Gasteiger partial charge >= 0.3 is 6.61 Å². The summed E-state index contributed by atoms with van der Waals surface area (Å²) in [5.41, 5.74) is 5.96. The summed E-state index contributed by atoms with van der Waals surface area (Å²) in [4.78, 5) is 0. The van der Waals surface area contributed by atoms with Gasteiger partial charge in [0.1, 0.15) is 5.75 Å². The van der Waals surface area contributed by atoms with Crippen LogP contribution in [0, 0.1) is 0 Å². The fourth-order valence-electron chi connectivity index (χ4n) is 1.35. The van der Waals surface area contributed by atoms with E-state index in [2.05, 4.69) is 21.9 Å². The third kappa shape index (κ3) is 5.01. The molecule has 1 aromatic carbocycles. The van der Waals surface area contributed by atoms with Gasteiger partial charge in [-0.3, -0.25) is 0 Å². The Bertz CT molecular complexity index is 385. The van der Waals surface area contributed by atoms with Crippen LogP contribution in [0.2, 0.25) is 0 Å². The summed E-state index contributed by atoms with van der Waals surface area (Å²) in [7, 11) is 0. The van der Waals surface area contributed by atoms with Gasteiger partial charge in [0.05, 0.1) is 5.82 Å². The molecule has 0 unspecified atom stereocenters. The molecule has 0 saturated heterocycles. The standard InChI is InChI=1S/C12H17F2N3O/c1-9(16-7-6-15)17-8-10-4-2-3-5-11(10)18-12(13)14/h2-5,12,16-17H,1,6-8,15H2. The van der Waals surface area contributed by atoms with Crippen molar-refractivity contribution in [1.29, 1.82) is 0 Å². The maximum absolute atomic E-state index is 12.2. The van der Waals surface area contributed by atoms with Crippen LogP contribution < -0.4 is 21.1 Å². The van der Waals surface area contributed by atoms with E-state index in [0.717, 1.165) is 0 Å². The first-order valence-electron chi connectivity index (χ1n) is 5.53. The number of hydrogen-bond donors (Lipinski definition) is 3. The zero-order valence-corrected chi connectivity index (χ0v) is 9.96. The predicted molar refractivity (Wildman–Crippen MR) is 66.1 cm³/mol. The highest BCUT2D eigenvalue weighted by molar-refractivity contribution is 5.33. The van der Waals surface area contributed by atoms with Crippen molar-refractivity contribution in [2.24, 2.45) is 5.73 Å². The molecule has 1 rings (SSSR count). The van der Waals surface area contributed by atoms with E-state index in [-0.39, 0.29) is 5.75 Å². The number of para-hydroxylation sites is 1. The zero-order chi connectivity index (χ0) is 13.4. The van der Waals surface area contributed by atoms with Gasteiger partial charge in [0.2, 0.25) is 0 Å². The number of ether oxygens (including phenoxy) is 1. The topological polar surface area (TPSA) is 59.3 Å². The monoisotopic (exact) mass is 257 g/mol. The molecule has 0 atom stereocenters. The van der Waals surface area contributed by atoms with Crippen molar-refractivity contribution in [3.63, 3.8) is 0 Å². The molecule has 0 aromatic heterocycles. The van der Waals surface area contributed by atoms with Crippen LogP contribution in [0.25, 0.3) is 0 Å². The van der Waals surface area contributed by atoms with Crippen molar-refractivity contribution in [3.8, 4) is 5.75 Å². The average Bonchev–Trinajstić information content (AvgIpc) is 2.34. The lowest BCUT2D eigenvalue weighted by Crippen LogP contribution is -2.29. The summed E-state index contributed by atoms with van der Waals surface area (Å²) in [6, 6.07) is 6.61. The Morgan fingerprint density at radius 3 is 2.72 bits per heavy atom. The summed E-state index contributed by atoms with van der Waals surface area (Å²) in [5.74, 6) is 0.749. The van der Waals surface area contributed by atoms with Crippen LogP contribution in [0.5, 0.6) is 5.75 Å². The second-order valence-electron chi connectivity index (χ2n) is 3.53. The molecule has 0 radical (unpaired) electrons. The lowest BCUT2D eigenvalue weighted by Gasteiger charge is -2.14. The second-order valence-corrected chi connectivity index (χ2v) is 3.53. The smallest absolute Gasteiger partial charge is 0.387 e. The Morgan fingerprint density at radius 1 is 1.33 bits per heavy atom. The molecule has 0 amide bonds. The first kappa shape index (κ1) is 14.2. The van der Waals surface area contributed by atoms with Gasteiger partial charge in [-0.25, -0.2) is 0 Å². The predicted octanol–water partition coefficient (Wildman–Crippen LogP) is 1.40.